The van der Waals surface area contributed by atoms with Gasteiger partial charge in [-0.2, -0.15) is 0 Å². The molecule has 0 amide bonds. The topological polar surface area (TPSA) is 142 Å². The van der Waals surface area contributed by atoms with Crippen molar-refractivity contribution in [2.24, 2.45) is 5.73 Å². The molecule has 11 heteroatoms. The van der Waals surface area contributed by atoms with Crippen LogP contribution in [-0.2, 0) is 15.6 Å². The van der Waals surface area contributed by atoms with Crippen molar-refractivity contribution in [1.29, 1.82) is 0 Å². The van der Waals surface area contributed by atoms with E-state index in [4.69, 9.17) is 21.4 Å². The Morgan fingerprint density at radius 3 is 2.41 bits per heavy atom. The molecule has 2 aromatic carbocycles. The van der Waals surface area contributed by atoms with Crippen LogP contribution in [0.25, 0.3) is 39.5 Å². The molecule has 1 aliphatic rings. The van der Waals surface area contributed by atoms with Crippen LogP contribution >= 0.6 is 12.4 Å². The summed E-state index contributed by atoms with van der Waals surface area (Å²) < 4.78 is 28.0. The van der Waals surface area contributed by atoms with E-state index in [2.05, 4.69) is 21.8 Å². The van der Waals surface area contributed by atoms with Crippen LogP contribution in [0.5, 0.6) is 0 Å². The number of pyridine rings is 2. The molecule has 0 aliphatic heterocycles. The molecular weight excluding hydrogens is 534 g/mol. The Morgan fingerprint density at radius 2 is 1.74 bits per heavy atom. The third-order valence-corrected chi connectivity index (χ3v) is 7.60. The van der Waals surface area contributed by atoms with Crippen LogP contribution in [0.2, 0.25) is 0 Å². The fourth-order valence-electron chi connectivity index (χ4n) is 4.89. The summed E-state index contributed by atoms with van der Waals surface area (Å²) in [6, 6.07) is 22.8. The zero-order valence-electron chi connectivity index (χ0n) is 21.2. The summed E-state index contributed by atoms with van der Waals surface area (Å²) in [6.45, 7) is 0. The van der Waals surface area contributed by atoms with Crippen molar-refractivity contribution in [2.75, 3.05) is 16.7 Å². The molecule has 5 N–H and O–H groups in total. The molecule has 39 heavy (non-hydrogen) atoms. The minimum absolute atomic E-state index is 0. The van der Waals surface area contributed by atoms with Crippen LogP contribution in [0.3, 0.4) is 0 Å². The predicted molar refractivity (Wildman–Crippen MR) is 157 cm³/mol. The van der Waals surface area contributed by atoms with E-state index < -0.39 is 10.0 Å². The zero-order valence-corrected chi connectivity index (χ0v) is 22.8. The molecule has 1 saturated carbocycles. The largest absolute Gasteiger partial charge is 0.383 e. The monoisotopic (exact) mass is 561 g/mol. The lowest BCUT2D eigenvalue weighted by molar-refractivity contribution is 0.253. The Morgan fingerprint density at radius 1 is 0.974 bits per heavy atom. The maximum absolute atomic E-state index is 11.7. The number of aromatic nitrogens is 4. The Kier molecular flexibility index (Phi) is 6.79. The molecule has 1 aliphatic carbocycles. The van der Waals surface area contributed by atoms with Gasteiger partial charge in [0.05, 0.1) is 17.5 Å². The molecule has 3 aromatic heterocycles. The first-order valence-corrected chi connectivity index (χ1v) is 14.2. The highest BCUT2D eigenvalue weighted by Crippen LogP contribution is 2.39. The van der Waals surface area contributed by atoms with Crippen molar-refractivity contribution in [3.8, 4) is 28.3 Å². The second-order valence-electron chi connectivity index (χ2n) is 9.76. The Hall–Kier alpha value is -3.99. The molecule has 9 nitrogen and oxygen atoms in total. The molecule has 6 rings (SSSR count). The van der Waals surface area contributed by atoms with Crippen LogP contribution in [0.4, 0.5) is 11.5 Å². The minimum atomic E-state index is -3.41. The van der Waals surface area contributed by atoms with Gasteiger partial charge >= 0.3 is 0 Å². The molecule has 0 bridgehead atoms. The highest BCUT2D eigenvalue weighted by atomic mass is 35.5. The van der Waals surface area contributed by atoms with Crippen molar-refractivity contribution >= 4 is 45.1 Å². The second-order valence-corrected chi connectivity index (χ2v) is 11.5. The summed E-state index contributed by atoms with van der Waals surface area (Å²) in [5.74, 6) is 0.998. The van der Waals surface area contributed by atoms with E-state index in [9.17, 15) is 8.42 Å². The number of fused-ring (bicyclic) bond motifs is 1. The maximum Gasteiger partial charge on any atom is 0.229 e. The summed E-state index contributed by atoms with van der Waals surface area (Å²) in [5.41, 5.74) is 18.5. The number of imidazole rings is 1. The molecule has 0 saturated heterocycles. The van der Waals surface area contributed by atoms with Gasteiger partial charge in [0.1, 0.15) is 11.3 Å². The van der Waals surface area contributed by atoms with Crippen molar-refractivity contribution in [2.45, 2.75) is 24.8 Å². The number of nitrogens with two attached hydrogens (primary N) is 2. The van der Waals surface area contributed by atoms with Crippen LogP contribution in [0.1, 0.15) is 24.8 Å². The highest BCUT2D eigenvalue weighted by molar-refractivity contribution is 7.92. The number of benzene rings is 2. The smallest absolute Gasteiger partial charge is 0.229 e. The fourth-order valence-corrected chi connectivity index (χ4v) is 5.45. The number of anilines is 2. The van der Waals surface area contributed by atoms with Crippen LogP contribution < -0.4 is 16.2 Å². The molecular formula is C28H28ClN7O2S. The van der Waals surface area contributed by atoms with E-state index >= 15 is 0 Å². The van der Waals surface area contributed by atoms with Gasteiger partial charge in [-0.1, -0.05) is 24.3 Å². The van der Waals surface area contributed by atoms with Gasteiger partial charge in [0.25, 0.3) is 0 Å². The lowest BCUT2D eigenvalue weighted by Crippen LogP contribution is -2.43. The predicted octanol–water partition coefficient (Wildman–Crippen LogP) is 4.86. The molecule has 0 atom stereocenters. The van der Waals surface area contributed by atoms with E-state index in [1.165, 1.54) is 0 Å². The standard InChI is InChI=1S/C28H27N7O2S.ClH/c1-38(36,37)34-20-6-2-5-18(17-20)23-12-13-24-27(32-23)35(26(33-24)22-7-3-16-31-25(22)29)21-10-8-19(9-11-21)28(30)14-4-15-28;/h2-3,5-13,16-17,34H,4,14-15,30H2,1H3,(H2,29,31);1H. The van der Waals surface area contributed by atoms with Crippen LogP contribution in [0.15, 0.2) is 79.0 Å². The SMILES string of the molecule is CS(=O)(=O)Nc1cccc(-c2ccc3nc(-c4cccnc4N)n(-c4ccc(C5(N)CCC5)cc4)c3n2)c1.Cl. The third kappa shape index (κ3) is 5.06. The van der Waals surface area contributed by atoms with E-state index in [-0.39, 0.29) is 17.9 Å². The summed E-state index contributed by atoms with van der Waals surface area (Å²) in [7, 11) is -3.41. The highest BCUT2D eigenvalue weighted by Gasteiger charge is 2.34. The number of hydrogen-bond acceptors (Lipinski definition) is 7. The number of rotatable bonds is 6. The minimum Gasteiger partial charge on any atom is -0.383 e. The van der Waals surface area contributed by atoms with Gasteiger partial charge in [-0.15, -0.1) is 12.4 Å². The van der Waals surface area contributed by atoms with E-state index in [1.807, 2.05) is 47.0 Å². The van der Waals surface area contributed by atoms with Gasteiger partial charge < -0.3 is 11.5 Å². The van der Waals surface area contributed by atoms with Crippen molar-refractivity contribution in [3.63, 3.8) is 0 Å². The van der Waals surface area contributed by atoms with Gasteiger partial charge in [-0.25, -0.2) is 23.4 Å². The Balaban J connectivity index is 0.00000308. The number of nitrogens with one attached hydrogen (secondary N) is 1. The summed E-state index contributed by atoms with van der Waals surface area (Å²) in [4.78, 5) is 14.1. The van der Waals surface area contributed by atoms with Gasteiger partial charge in [0.15, 0.2) is 11.5 Å². The Labute approximate surface area is 232 Å². The average molecular weight is 562 g/mol. The number of nitrogen functional groups attached to an aromatic ring is 1. The first-order valence-electron chi connectivity index (χ1n) is 12.3. The lowest BCUT2D eigenvalue weighted by atomic mass is 9.73. The lowest BCUT2D eigenvalue weighted by Gasteiger charge is -2.38. The normalized spacial score (nSPS) is 14.4. The molecule has 3 heterocycles. The van der Waals surface area contributed by atoms with Crippen molar-refractivity contribution in [1.82, 2.24) is 19.5 Å². The summed E-state index contributed by atoms with van der Waals surface area (Å²) in [5, 5.41) is 0. The van der Waals surface area contributed by atoms with Crippen LogP contribution in [-0.4, -0.2) is 34.2 Å². The quantitative estimate of drug-likeness (QED) is 0.268. The van der Waals surface area contributed by atoms with Crippen LogP contribution in [0, 0.1) is 0 Å². The summed E-state index contributed by atoms with van der Waals surface area (Å²) >= 11 is 0. The summed E-state index contributed by atoms with van der Waals surface area (Å²) in [6.07, 6.45) is 5.87. The molecule has 200 valence electrons. The number of nitrogens with zero attached hydrogens (tertiary/aromatic N) is 4. The third-order valence-electron chi connectivity index (χ3n) is 6.99. The molecule has 5 aromatic rings. The number of halogens is 1. The number of hydrogen-bond donors (Lipinski definition) is 3. The van der Waals surface area contributed by atoms with E-state index in [1.54, 1.807) is 24.4 Å². The molecule has 0 radical (unpaired) electrons. The fraction of sp³-hybridized carbons (Fsp3) is 0.179. The second kappa shape index (κ2) is 9.96. The Bertz CT molecular complexity index is 1780. The molecule has 1 fully saturated rings. The first-order chi connectivity index (χ1) is 18.2. The van der Waals surface area contributed by atoms with Gasteiger partial charge in [-0.05, 0) is 73.4 Å². The zero-order chi connectivity index (χ0) is 26.5. The molecule has 0 spiro atoms. The van der Waals surface area contributed by atoms with E-state index in [0.717, 1.165) is 42.3 Å². The van der Waals surface area contributed by atoms with Crippen molar-refractivity contribution in [3.05, 3.63) is 84.6 Å². The van der Waals surface area contributed by atoms with Gasteiger partial charge in [0, 0.05) is 28.7 Å². The average Bonchev–Trinajstić information content (AvgIpc) is 3.25. The van der Waals surface area contributed by atoms with Crippen molar-refractivity contribution < 1.29 is 8.42 Å². The first kappa shape index (κ1) is 26.6. The maximum atomic E-state index is 11.7. The number of sulfonamides is 1. The van der Waals surface area contributed by atoms with Gasteiger partial charge in [-0.3, -0.25) is 9.29 Å². The van der Waals surface area contributed by atoms with E-state index in [0.29, 0.717) is 39.8 Å². The molecule has 0 unspecified atom stereocenters. The van der Waals surface area contributed by atoms with Gasteiger partial charge in [0.2, 0.25) is 10.0 Å².